The second-order valence-corrected chi connectivity index (χ2v) is 2.33. The van der Waals surface area contributed by atoms with Crippen molar-refractivity contribution in [2.24, 2.45) is 6.98 Å². The highest BCUT2D eigenvalue weighted by atomic mass is 79.9. The van der Waals surface area contributed by atoms with Crippen molar-refractivity contribution in [3.8, 4) is 0 Å². The minimum absolute atomic E-state index is 0.259. The zero-order chi connectivity index (χ0) is 9.35. The predicted octanol–water partition coefficient (Wildman–Crippen LogP) is 1.15. The van der Waals surface area contributed by atoms with E-state index in [1.54, 1.807) is 0 Å². The van der Waals surface area contributed by atoms with Crippen LogP contribution < -0.4 is 5.56 Å². The third-order valence-electron chi connectivity index (χ3n) is 0.907. The van der Waals surface area contributed by atoms with Gasteiger partial charge in [-0.3, -0.25) is 4.79 Å². The topological polar surface area (TPSA) is 22.0 Å². The van der Waals surface area contributed by atoms with Gasteiger partial charge in [0.15, 0.2) is 0 Å². The van der Waals surface area contributed by atoms with Gasteiger partial charge in [0.1, 0.15) is 0 Å². The Morgan fingerprint density at radius 3 is 3.00 bits per heavy atom. The number of rotatable bonds is 0. The van der Waals surface area contributed by atoms with Crippen molar-refractivity contribution >= 4 is 15.9 Å². The molecule has 0 fully saturated rings. The van der Waals surface area contributed by atoms with Gasteiger partial charge in [-0.15, -0.1) is 0 Å². The summed E-state index contributed by atoms with van der Waals surface area (Å²) in [6.07, 6.45) is 0. The molecule has 0 aliphatic rings. The number of halogens is 1. The molecule has 0 radical (unpaired) electrons. The molecule has 0 unspecified atom stereocenters. The summed E-state index contributed by atoms with van der Waals surface area (Å²) in [5.74, 6) is 0. The molecule has 1 heterocycles. The first kappa shape index (κ1) is 3.56. The van der Waals surface area contributed by atoms with Gasteiger partial charge >= 0.3 is 0 Å². The van der Waals surface area contributed by atoms with E-state index >= 15 is 0 Å². The standard InChI is InChI=1S/C6H6BrNO/c1-8-5(7)3-2-4-6(8)9/h2-4H,1H3/i1D3. The Morgan fingerprint density at radius 2 is 2.56 bits per heavy atom. The van der Waals surface area contributed by atoms with Crippen LogP contribution in [0.2, 0.25) is 0 Å². The van der Waals surface area contributed by atoms with Crippen LogP contribution in [-0.2, 0) is 6.98 Å². The average Bonchev–Trinajstić information content (AvgIpc) is 1.82. The van der Waals surface area contributed by atoms with Crippen molar-refractivity contribution in [2.75, 3.05) is 0 Å². The molecule has 0 spiro atoms. The van der Waals surface area contributed by atoms with Crippen LogP contribution in [0.15, 0.2) is 27.6 Å². The van der Waals surface area contributed by atoms with E-state index in [0.717, 1.165) is 0 Å². The molecule has 0 bridgehead atoms. The molecule has 0 amide bonds. The van der Waals surface area contributed by atoms with Gasteiger partial charge in [-0.25, -0.2) is 0 Å². The Labute approximate surface area is 65.5 Å². The normalized spacial score (nSPS) is 15.9. The number of pyridine rings is 1. The molecule has 0 aliphatic carbocycles. The largest absolute Gasteiger partial charge is 0.306 e. The lowest BCUT2D eigenvalue weighted by molar-refractivity contribution is 0.835. The molecule has 0 saturated heterocycles. The highest BCUT2D eigenvalue weighted by Crippen LogP contribution is 2.02. The second-order valence-electron chi connectivity index (χ2n) is 1.52. The molecular formula is C6H6BrNO. The van der Waals surface area contributed by atoms with Gasteiger partial charge in [0.05, 0.1) is 4.60 Å². The quantitative estimate of drug-likeness (QED) is 0.563. The smallest absolute Gasteiger partial charge is 0.251 e. The number of hydrogen-bond acceptors (Lipinski definition) is 1. The average molecular weight is 191 g/mol. The number of aromatic nitrogens is 1. The summed E-state index contributed by atoms with van der Waals surface area (Å²) in [7, 11) is 0. The van der Waals surface area contributed by atoms with Crippen molar-refractivity contribution in [3.05, 3.63) is 33.2 Å². The molecule has 0 aliphatic heterocycles. The monoisotopic (exact) mass is 190 g/mol. The minimum atomic E-state index is -2.42. The van der Waals surface area contributed by atoms with Gasteiger partial charge in [0, 0.05) is 17.2 Å². The van der Waals surface area contributed by atoms with Crippen LogP contribution in [0.1, 0.15) is 4.11 Å². The highest BCUT2D eigenvalue weighted by molar-refractivity contribution is 9.10. The van der Waals surface area contributed by atoms with Gasteiger partial charge in [0.25, 0.3) is 5.56 Å². The Balaban J connectivity index is 3.42. The highest BCUT2D eigenvalue weighted by Gasteiger charge is 1.90. The molecule has 1 aromatic rings. The van der Waals surface area contributed by atoms with Gasteiger partial charge in [-0.05, 0) is 22.0 Å². The molecule has 48 valence electrons. The van der Waals surface area contributed by atoms with E-state index in [1.165, 1.54) is 18.2 Å². The third-order valence-corrected chi connectivity index (χ3v) is 1.53. The van der Waals surface area contributed by atoms with Crippen LogP contribution in [0.5, 0.6) is 0 Å². The zero-order valence-electron chi connectivity index (χ0n) is 7.47. The van der Waals surface area contributed by atoms with Gasteiger partial charge in [-0.1, -0.05) is 6.07 Å². The van der Waals surface area contributed by atoms with Crippen molar-refractivity contribution in [2.45, 2.75) is 0 Å². The summed E-state index contributed by atoms with van der Waals surface area (Å²) in [6.45, 7) is -2.42. The van der Waals surface area contributed by atoms with E-state index in [2.05, 4.69) is 15.9 Å². The zero-order valence-corrected chi connectivity index (χ0v) is 6.05. The predicted molar refractivity (Wildman–Crippen MR) is 39.4 cm³/mol. The lowest BCUT2D eigenvalue weighted by Crippen LogP contribution is -2.14. The fraction of sp³-hybridized carbons (Fsp3) is 0.167. The van der Waals surface area contributed by atoms with Crippen LogP contribution in [0.25, 0.3) is 0 Å². The molecule has 0 aromatic carbocycles. The number of hydrogen-bond donors (Lipinski definition) is 0. The Kier molecular flexibility index (Phi) is 0.931. The first-order chi connectivity index (χ1) is 5.43. The lowest BCUT2D eigenvalue weighted by Gasteiger charge is -1.96. The third kappa shape index (κ3) is 1.21. The molecule has 1 rings (SSSR count). The molecule has 1 aromatic heterocycles. The van der Waals surface area contributed by atoms with Gasteiger partial charge in [0.2, 0.25) is 0 Å². The van der Waals surface area contributed by atoms with Crippen molar-refractivity contribution in [1.29, 1.82) is 0 Å². The maximum absolute atomic E-state index is 11.1. The van der Waals surface area contributed by atoms with Crippen LogP contribution in [-0.4, -0.2) is 4.57 Å². The summed E-state index contributed by atoms with van der Waals surface area (Å²) < 4.78 is 22.0. The van der Waals surface area contributed by atoms with Gasteiger partial charge < -0.3 is 4.57 Å². The van der Waals surface area contributed by atoms with Crippen molar-refractivity contribution in [3.63, 3.8) is 0 Å². The first-order valence-electron chi connectivity index (χ1n) is 3.81. The lowest BCUT2D eigenvalue weighted by atomic mass is 10.5. The fourth-order valence-electron chi connectivity index (χ4n) is 0.464. The first-order valence-corrected chi connectivity index (χ1v) is 3.10. The molecular weight excluding hydrogens is 182 g/mol. The molecule has 3 heteroatoms. The maximum atomic E-state index is 11.1. The van der Waals surface area contributed by atoms with E-state index in [-0.39, 0.29) is 4.60 Å². The second kappa shape index (κ2) is 2.35. The van der Waals surface area contributed by atoms with Crippen molar-refractivity contribution < 1.29 is 4.11 Å². The van der Waals surface area contributed by atoms with E-state index in [0.29, 0.717) is 4.57 Å². The maximum Gasteiger partial charge on any atom is 0.251 e. The summed E-state index contributed by atoms with van der Waals surface area (Å²) >= 11 is 2.99. The summed E-state index contributed by atoms with van der Waals surface area (Å²) in [4.78, 5) is 11.1. The number of nitrogens with zero attached hydrogens (tertiary/aromatic N) is 1. The SMILES string of the molecule is [2H]C([2H])([2H])n1c(Br)cccc1=O. The van der Waals surface area contributed by atoms with Crippen LogP contribution in [0.3, 0.4) is 0 Å². The molecule has 9 heavy (non-hydrogen) atoms. The van der Waals surface area contributed by atoms with E-state index < -0.39 is 12.5 Å². The Hall–Kier alpha value is -0.570. The molecule has 2 nitrogen and oxygen atoms in total. The van der Waals surface area contributed by atoms with E-state index in [4.69, 9.17) is 4.11 Å². The molecule has 0 saturated carbocycles. The fourth-order valence-corrected chi connectivity index (χ4v) is 0.792. The van der Waals surface area contributed by atoms with Crippen LogP contribution in [0.4, 0.5) is 0 Å². The van der Waals surface area contributed by atoms with E-state index in [9.17, 15) is 4.79 Å². The summed E-state index contributed by atoms with van der Waals surface area (Å²) in [5, 5.41) is 0. The van der Waals surface area contributed by atoms with Crippen molar-refractivity contribution in [1.82, 2.24) is 4.57 Å². The summed E-state index contributed by atoms with van der Waals surface area (Å²) in [6, 6.07) is 4.21. The summed E-state index contributed by atoms with van der Waals surface area (Å²) in [5.41, 5.74) is -0.538. The molecule has 0 atom stereocenters. The Bertz CT molecular complexity index is 343. The van der Waals surface area contributed by atoms with Crippen LogP contribution in [0, 0.1) is 0 Å². The van der Waals surface area contributed by atoms with Crippen LogP contribution >= 0.6 is 15.9 Å². The van der Waals surface area contributed by atoms with E-state index in [1.807, 2.05) is 0 Å². The minimum Gasteiger partial charge on any atom is -0.306 e. The Morgan fingerprint density at radius 1 is 1.78 bits per heavy atom. The molecule has 0 N–H and O–H groups in total. The van der Waals surface area contributed by atoms with Gasteiger partial charge in [-0.2, -0.15) is 0 Å².